The van der Waals surface area contributed by atoms with E-state index in [2.05, 4.69) is 20.2 Å². The zero-order chi connectivity index (χ0) is 32.3. The summed E-state index contributed by atoms with van der Waals surface area (Å²) in [4.78, 5) is 22.6. The number of allylic oxidation sites excluding steroid dienone is 1. The smallest absolute Gasteiger partial charge is 0.291 e. The van der Waals surface area contributed by atoms with Gasteiger partial charge < -0.3 is 0 Å². The number of carbonyl (C=O) groups excluding carboxylic acids is 1. The van der Waals surface area contributed by atoms with Crippen molar-refractivity contribution in [3.63, 3.8) is 0 Å². The molecule has 0 bridgehead atoms. The number of pyridine rings is 2. The molecule has 2 aliphatic rings. The number of fused-ring (bicyclic) bond motifs is 2. The number of aromatic nitrogens is 6. The number of rotatable bonds is 7. The zero-order valence-electron chi connectivity index (χ0n) is 24.5. The second-order valence-electron chi connectivity index (χ2n) is 11.7. The van der Waals surface area contributed by atoms with E-state index in [0.29, 0.717) is 29.1 Å². The van der Waals surface area contributed by atoms with Crippen molar-refractivity contribution in [1.82, 2.24) is 33.8 Å². The first-order chi connectivity index (χ1) is 21.2. The molecular formula is C30H29F4N7O3S. The first-order valence-electron chi connectivity index (χ1n) is 14.2. The number of Topliss-reactive ketones (excluding diaryl/α,β-unsaturated/α-hetero) is 1. The highest BCUT2D eigenvalue weighted by Gasteiger charge is 2.52. The summed E-state index contributed by atoms with van der Waals surface area (Å²) in [5.74, 6) is -0.814. The fraction of sp³-hybridized carbons (Fsp3) is 0.367. The van der Waals surface area contributed by atoms with Gasteiger partial charge in [-0.1, -0.05) is 5.57 Å². The van der Waals surface area contributed by atoms with E-state index in [9.17, 15) is 30.8 Å². The molecule has 1 fully saturated rings. The summed E-state index contributed by atoms with van der Waals surface area (Å²) in [6.07, 6.45) is 3.97. The zero-order valence-corrected chi connectivity index (χ0v) is 25.3. The van der Waals surface area contributed by atoms with Crippen LogP contribution < -0.4 is 0 Å². The summed E-state index contributed by atoms with van der Waals surface area (Å²) in [7, 11) is -2.45. The number of aryl methyl sites for hydroxylation is 1. The second-order valence-corrected chi connectivity index (χ2v) is 13.5. The Hall–Kier alpha value is -4.24. The molecule has 0 unspecified atom stereocenters. The first-order valence-corrected chi connectivity index (χ1v) is 15.6. The van der Waals surface area contributed by atoms with Crippen LogP contribution in [0.15, 0.2) is 65.7 Å². The Labute approximate surface area is 256 Å². The van der Waals surface area contributed by atoms with Crippen molar-refractivity contribution < 1.29 is 30.8 Å². The van der Waals surface area contributed by atoms with Crippen LogP contribution in [0.1, 0.15) is 60.4 Å². The van der Waals surface area contributed by atoms with E-state index < -0.39 is 50.9 Å². The van der Waals surface area contributed by atoms with Crippen LogP contribution in [0.5, 0.6) is 0 Å². The number of ketones is 1. The minimum atomic E-state index is -4.70. The van der Waals surface area contributed by atoms with Crippen LogP contribution in [0, 0.1) is 11.2 Å². The summed E-state index contributed by atoms with van der Waals surface area (Å²) in [6, 6.07) is 3.07. The quantitative estimate of drug-likeness (QED) is 0.205. The van der Waals surface area contributed by atoms with Crippen LogP contribution in [0.4, 0.5) is 17.6 Å². The van der Waals surface area contributed by atoms with Gasteiger partial charge in [0.05, 0.1) is 35.3 Å². The number of sulfonamides is 1. The lowest BCUT2D eigenvalue weighted by Gasteiger charge is -2.47. The molecule has 0 spiro atoms. The fourth-order valence-corrected chi connectivity index (χ4v) is 8.34. The van der Waals surface area contributed by atoms with Gasteiger partial charge in [-0.05, 0) is 75.4 Å². The van der Waals surface area contributed by atoms with Gasteiger partial charge in [0.2, 0.25) is 10.0 Å². The summed E-state index contributed by atoms with van der Waals surface area (Å²) in [5.41, 5.74) is -0.941. The van der Waals surface area contributed by atoms with E-state index in [0.717, 1.165) is 24.5 Å². The summed E-state index contributed by atoms with van der Waals surface area (Å²) in [5, 5.41) is 8.44. The van der Waals surface area contributed by atoms with Crippen molar-refractivity contribution >= 4 is 21.9 Å². The van der Waals surface area contributed by atoms with Crippen molar-refractivity contribution in [2.75, 3.05) is 0 Å². The van der Waals surface area contributed by atoms with Crippen LogP contribution in [-0.4, -0.2) is 60.1 Å². The molecule has 236 valence electrons. The van der Waals surface area contributed by atoms with E-state index in [4.69, 9.17) is 0 Å². The number of hydrogen-bond donors (Lipinski definition) is 0. The van der Waals surface area contributed by atoms with Crippen molar-refractivity contribution in [2.45, 2.75) is 62.7 Å². The number of hydrogen-bond acceptors (Lipinski definition) is 7. The molecule has 4 aromatic rings. The number of nitrogens with zero attached hydrogens (tertiary/aromatic N) is 7. The maximum Gasteiger partial charge on any atom is 0.416 e. The maximum atomic E-state index is 14.5. The van der Waals surface area contributed by atoms with Gasteiger partial charge in [-0.25, -0.2) is 22.5 Å². The van der Waals surface area contributed by atoms with Gasteiger partial charge in [-0.15, -0.1) is 0 Å². The highest BCUT2D eigenvalue weighted by molar-refractivity contribution is 7.89. The Bertz CT molecular complexity index is 1920. The Morgan fingerprint density at radius 3 is 2.53 bits per heavy atom. The summed E-state index contributed by atoms with van der Waals surface area (Å²) >= 11 is 0. The minimum Gasteiger partial charge on any atom is -0.291 e. The van der Waals surface area contributed by atoms with Gasteiger partial charge in [0.15, 0.2) is 11.6 Å². The molecule has 6 rings (SSSR count). The van der Waals surface area contributed by atoms with E-state index in [-0.39, 0.29) is 29.9 Å². The molecular weight excluding hydrogens is 614 g/mol. The molecule has 0 radical (unpaired) electrons. The molecule has 45 heavy (non-hydrogen) atoms. The normalized spacial score (nSPS) is 20.2. The van der Waals surface area contributed by atoms with Gasteiger partial charge in [-0.3, -0.25) is 14.5 Å². The van der Waals surface area contributed by atoms with Crippen LogP contribution in [0.2, 0.25) is 0 Å². The van der Waals surface area contributed by atoms with Crippen LogP contribution in [0.25, 0.3) is 11.9 Å². The van der Waals surface area contributed by atoms with Crippen molar-refractivity contribution in [3.8, 4) is 5.82 Å². The summed E-state index contributed by atoms with van der Waals surface area (Å²) in [6.45, 7) is 3.47. The van der Waals surface area contributed by atoms with Crippen LogP contribution >= 0.6 is 0 Å². The van der Waals surface area contributed by atoms with Gasteiger partial charge in [0, 0.05) is 31.5 Å². The molecule has 0 aliphatic heterocycles. The van der Waals surface area contributed by atoms with Crippen molar-refractivity contribution in [2.24, 2.45) is 12.5 Å². The molecule has 1 saturated carbocycles. The molecule has 0 saturated heterocycles. The third kappa shape index (κ3) is 5.37. The lowest BCUT2D eigenvalue weighted by molar-refractivity contribution is -0.137. The molecule has 2 aliphatic carbocycles. The largest absolute Gasteiger partial charge is 0.416 e. The summed E-state index contributed by atoms with van der Waals surface area (Å²) < 4.78 is 86.7. The number of halogens is 4. The van der Waals surface area contributed by atoms with E-state index in [1.165, 1.54) is 38.2 Å². The standard InChI is InChI=1S/C30H29F4N7O3S/c1-18(2)41(45(43,44)24-16-37-39(3)17-24)23-6-4-20-11-26-19(14-38-40(26)27-7-5-22(31)15-36-27)12-29(20,13-23)28(42)25-10-21(8-9-35-25)30(32,33)34/h5,7-11,14-18,23H,4,6,12-13H2,1-3H3/t23-,29-/m0/s1. The molecule has 0 N–H and O–H groups in total. The van der Waals surface area contributed by atoms with Gasteiger partial charge in [-0.2, -0.15) is 27.7 Å². The average Bonchev–Trinajstić information content (AvgIpc) is 3.61. The Morgan fingerprint density at radius 1 is 1.11 bits per heavy atom. The van der Waals surface area contributed by atoms with E-state index >= 15 is 0 Å². The molecule has 0 aromatic carbocycles. The van der Waals surface area contributed by atoms with Crippen molar-refractivity contribution in [1.29, 1.82) is 0 Å². The highest BCUT2D eigenvalue weighted by atomic mass is 32.2. The predicted octanol–water partition coefficient (Wildman–Crippen LogP) is 5.01. The van der Waals surface area contributed by atoms with Crippen LogP contribution in [-0.2, 0) is 29.7 Å². The Kier molecular flexibility index (Phi) is 7.51. The molecule has 4 heterocycles. The number of carbonyl (C=O) groups is 1. The topological polar surface area (TPSA) is 116 Å². The highest BCUT2D eigenvalue weighted by Crippen LogP contribution is 2.51. The molecule has 10 nitrogen and oxygen atoms in total. The second kappa shape index (κ2) is 11.0. The predicted molar refractivity (Wildman–Crippen MR) is 154 cm³/mol. The lowest BCUT2D eigenvalue weighted by Crippen LogP contribution is -2.52. The van der Waals surface area contributed by atoms with Gasteiger partial charge in [0.25, 0.3) is 0 Å². The van der Waals surface area contributed by atoms with E-state index in [1.54, 1.807) is 33.2 Å². The fourth-order valence-electron chi connectivity index (χ4n) is 6.50. The third-order valence-corrected chi connectivity index (χ3v) is 10.5. The monoisotopic (exact) mass is 643 g/mol. The van der Waals surface area contributed by atoms with E-state index in [1.807, 2.05) is 0 Å². The van der Waals surface area contributed by atoms with Gasteiger partial charge in [0.1, 0.15) is 16.4 Å². The SMILES string of the molecule is CC(C)N([C@H]1CCC2=Cc3c(cnn3-c3ccc(F)cn3)C[C@]2(C(=O)c2cc(C(F)(F)F)ccn2)C1)S(=O)(=O)c1cnn(C)c1. The average molecular weight is 644 g/mol. The van der Waals surface area contributed by atoms with Gasteiger partial charge >= 0.3 is 6.18 Å². The van der Waals surface area contributed by atoms with Crippen LogP contribution in [0.3, 0.4) is 0 Å². The third-order valence-electron chi connectivity index (χ3n) is 8.44. The lowest BCUT2D eigenvalue weighted by atomic mass is 9.60. The Morgan fingerprint density at radius 2 is 1.89 bits per heavy atom. The number of alkyl halides is 3. The minimum absolute atomic E-state index is 0.000958. The Balaban J connectivity index is 1.47. The molecule has 2 atom stereocenters. The molecule has 15 heteroatoms. The van der Waals surface area contributed by atoms with Crippen molar-refractivity contribution in [3.05, 3.63) is 89.2 Å². The first kappa shape index (κ1) is 30.8. The maximum absolute atomic E-state index is 14.5. The molecule has 0 amide bonds. The molecule has 4 aromatic heterocycles.